The van der Waals surface area contributed by atoms with E-state index in [1.807, 2.05) is 0 Å². The number of phosphoric acid groups is 3. The second kappa shape index (κ2) is 8.14. The van der Waals surface area contributed by atoms with Crippen LogP contribution in [-0.2, 0) is 36.1 Å². The van der Waals surface area contributed by atoms with E-state index in [-0.39, 0.29) is 6.10 Å². The molecule has 148 valence electrons. The van der Waals surface area contributed by atoms with Crippen molar-refractivity contribution in [2.45, 2.75) is 44.0 Å². The highest BCUT2D eigenvalue weighted by molar-refractivity contribution is 7.66. The van der Waals surface area contributed by atoms with Crippen LogP contribution in [0.3, 0.4) is 0 Å². The van der Waals surface area contributed by atoms with Gasteiger partial charge in [-0.25, -0.2) is 13.7 Å². The molecule has 0 aromatic heterocycles. The van der Waals surface area contributed by atoms with E-state index in [9.17, 15) is 28.6 Å². The number of hydrogen-bond acceptors (Lipinski definition) is 9. The van der Waals surface area contributed by atoms with Crippen LogP contribution in [0.5, 0.6) is 0 Å². The van der Waals surface area contributed by atoms with Crippen molar-refractivity contribution in [1.82, 2.24) is 0 Å². The molecule has 0 aromatic rings. The molecule has 0 spiro atoms. The zero-order valence-corrected chi connectivity index (χ0v) is 15.9. The second-order valence-corrected chi connectivity index (χ2v) is 10.5. The summed E-state index contributed by atoms with van der Waals surface area (Å²) in [5.74, 6) is 0.329. The van der Waals surface area contributed by atoms with E-state index in [2.05, 4.69) is 17.7 Å². The average Bonchev–Trinajstić information content (AvgIpc) is 2.73. The van der Waals surface area contributed by atoms with Crippen LogP contribution in [0.4, 0.5) is 0 Å². The summed E-state index contributed by atoms with van der Waals surface area (Å²) in [6, 6.07) is 0. The topological polar surface area (TPSA) is 178 Å². The van der Waals surface area contributed by atoms with Crippen LogP contribution in [0.2, 0.25) is 0 Å². The molecule has 15 heteroatoms. The van der Waals surface area contributed by atoms with Gasteiger partial charge in [0.1, 0.15) is 6.10 Å². The maximum Gasteiger partial charge on any atom is 0.490 e. The summed E-state index contributed by atoms with van der Waals surface area (Å²) >= 11 is 0. The van der Waals surface area contributed by atoms with Gasteiger partial charge in [-0.2, -0.15) is 8.62 Å². The molecule has 4 N–H and O–H groups in total. The molecular formula is C10H21O12P3. The highest BCUT2D eigenvalue weighted by Crippen LogP contribution is 2.67. The van der Waals surface area contributed by atoms with Gasteiger partial charge in [0.25, 0.3) is 0 Å². The van der Waals surface area contributed by atoms with Gasteiger partial charge in [0.05, 0.1) is 18.8 Å². The van der Waals surface area contributed by atoms with E-state index < -0.39 is 42.3 Å². The van der Waals surface area contributed by atoms with E-state index >= 15 is 0 Å². The number of rotatable bonds is 9. The van der Waals surface area contributed by atoms with Crippen LogP contribution in [0.1, 0.15) is 25.7 Å². The molecule has 1 saturated heterocycles. The molecule has 1 aliphatic carbocycles. The molecule has 2 aliphatic rings. The first-order valence-electron chi connectivity index (χ1n) is 7.38. The molecule has 12 nitrogen and oxygen atoms in total. The Morgan fingerprint density at radius 1 is 1.04 bits per heavy atom. The third-order valence-corrected chi connectivity index (χ3v) is 8.21. The zero-order valence-electron chi connectivity index (χ0n) is 13.2. The van der Waals surface area contributed by atoms with Crippen LogP contribution in [0.25, 0.3) is 0 Å². The van der Waals surface area contributed by atoms with E-state index in [0.29, 0.717) is 19.4 Å². The molecule has 6 atom stereocenters. The first-order chi connectivity index (χ1) is 11.4. The summed E-state index contributed by atoms with van der Waals surface area (Å²) < 4.78 is 55.9. The first-order valence-corrected chi connectivity index (χ1v) is 11.9. The lowest BCUT2D eigenvalue weighted by molar-refractivity contribution is -0.0487. The van der Waals surface area contributed by atoms with Gasteiger partial charge in [-0.1, -0.05) is 6.42 Å². The second-order valence-electron chi connectivity index (χ2n) is 5.75. The van der Waals surface area contributed by atoms with Crippen LogP contribution in [-0.4, -0.2) is 51.8 Å². The van der Waals surface area contributed by atoms with Crippen molar-refractivity contribution in [2.75, 3.05) is 13.7 Å². The lowest BCUT2D eigenvalue weighted by Gasteiger charge is -2.30. The fourth-order valence-corrected chi connectivity index (χ4v) is 5.79. The molecule has 0 radical (unpaired) electrons. The van der Waals surface area contributed by atoms with Crippen molar-refractivity contribution in [3.8, 4) is 0 Å². The molecule has 0 amide bonds. The molecule has 25 heavy (non-hydrogen) atoms. The maximum atomic E-state index is 11.7. The molecular weight excluding hydrogens is 405 g/mol. The fraction of sp³-hybridized carbons (Fsp3) is 1.00. The highest BCUT2D eigenvalue weighted by Gasteiger charge is 2.44. The normalized spacial score (nSPS) is 34.7. The lowest BCUT2D eigenvalue weighted by Crippen LogP contribution is -2.28. The van der Waals surface area contributed by atoms with Gasteiger partial charge in [0.15, 0.2) is 0 Å². The molecule has 0 bridgehead atoms. The summed E-state index contributed by atoms with van der Waals surface area (Å²) in [6.45, 7) is -0.584. The Kier molecular flexibility index (Phi) is 7.04. The number of phosphoric ester groups is 2. The van der Waals surface area contributed by atoms with E-state index in [0.717, 1.165) is 19.3 Å². The molecule has 3 unspecified atom stereocenters. The van der Waals surface area contributed by atoms with Gasteiger partial charge in [0.2, 0.25) is 0 Å². The molecule has 1 heterocycles. The Morgan fingerprint density at radius 2 is 1.64 bits per heavy atom. The average molecular weight is 426 g/mol. The molecule has 0 aromatic carbocycles. The molecule has 1 saturated carbocycles. The largest absolute Gasteiger partial charge is 0.490 e. The van der Waals surface area contributed by atoms with Gasteiger partial charge >= 0.3 is 23.5 Å². The van der Waals surface area contributed by atoms with Crippen molar-refractivity contribution >= 4 is 23.5 Å². The Hall–Kier alpha value is 0.330. The number of aliphatic hydroxyl groups excluding tert-OH is 1. The predicted octanol–water partition coefficient (Wildman–Crippen LogP) is 1.30. The summed E-state index contributed by atoms with van der Waals surface area (Å²) in [4.78, 5) is 27.6. The van der Waals surface area contributed by atoms with Gasteiger partial charge < -0.3 is 24.5 Å². The van der Waals surface area contributed by atoms with Gasteiger partial charge in [-0.3, -0.25) is 9.05 Å². The van der Waals surface area contributed by atoms with Crippen molar-refractivity contribution in [3.05, 3.63) is 0 Å². The molecule has 1 aliphatic heterocycles. The number of aliphatic hydroxyl groups is 1. The smallest absolute Gasteiger partial charge is 0.390 e. The van der Waals surface area contributed by atoms with Gasteiger partial charge in [0, 0.05) is 13.5 Å². The van der Waals surface area contributed by atoms with Crippen LogP contribution in [0, 0.1) is 5.92 Å². The molecule has 2 rings (SSSR count). The number of ether oxygens (including phenoxy) is 1. The minimum atomic E-state index is -5.43. The minimum absolute atomic E-state index is 0.175. The first kappa shape index (κ1) is 21.6. The third kappa shape index (κ3) is 6.46. The van der Waals surface area contributed by atoms with Crippen molar-refractivity contribution in [1.29, 1.82) is 0 Å². The van der Waals surface area contributed by atoms with Crippen LogP contribution < -0.4 is 0 Å². The standard InChI is InChI=1S/C10H21O12P3/c1-18-23(12,13)21-25(16,17)22-24(14,15)19-6-10-8(11)5-9(20-10)7-3-2-4-7/h7-11H,2-6H2,1H3,(H,12,13)(H,14,15)(H,16,17)/t8-,9-,10-/m1/s1. The van der Waals surface area contributed by atoms with Gasteiger partial charge in [-0.05, 0) is 18.8 Å². The van der Waals surface area contributed by atoms with Crippen LogP contribution >= 0.6 is 23.5 Å². The fourth-order valence-electron chi connectivity index (χ4n) is 2.53. The van der Waals surface area contributed by atoms with E-state index in [4.69, 9.17) is 9.63 Å². The predicted molar refractivity (Wildman–Crippen MR) is 81.2 cm³/mol. The van der Waals surface area contributed by atoms with E-state index in [1.165, 1.54) is 0 Å². The number of hydrogen-bond donors (Lipinski definition) is 4. The Morgan fingerprint density at radius 3 is 2.16 bits per heavy atom. The quantitative estimate of drug-likeness (QED) is 0.389. The van der Waals surface area contributed by atoms with Crippen LogP contribution in [0.15, 0.2) is 0 Å². The Balaban J connectivity index is 1.85. The lowest BCUT2D eigenvalue weighted by atomic mass is 9.80. The van der Waals surface area contributed by atoms with Crippen molar-refractivity contribution in [2.24, 2.45) is 5.92 Å². The molecule has 2 fully saturated rings. The summed E-state index contributed by atoms with van der Waals surface area (Å²) in [6.07, 6.45) is 1.41. The SMILES string of the molecule is COP(=O)(O)OP(=O)(O)OP(=O)(O)OC[C@H]1O[C@@H](C2CCC2)C[C@H]1O. The minimum Gasteiger partial charge on any atom is -0.390 e. The Bertz CT molecular complexity index is 606. The summed E-state index contributed by atoms with van der Waals surface area (Å²) in [5, 5.41) is 9.91. The summed E-state index contributed by atoms with van der Waals surface area (Å²) in [5.41, 5.74) is 0. The summed E-state index contributed by atoms with van der Waals surface area (Å²) in [7, 11) is -14.8. The zero-order chi connectivity index (χ0) is 18.9. The van der Waals surface area contributed by atoms with Crippen molar-refractivity contribution in [3.63, 3.8) is 0 Å². The maximum absolute atomic E-state index is 11.7. The van der Waals surface area contributed by atoms with E-state index in [1.54, 1.807) is 0 Å². The highest BCUT2D eigenvalue weighted by atomic mass is 31.3. The Labute approximate surface area is 143 Å². The van der Waals surface area contributed by atoms with Crippen molar-refractivity contribution < 1.29 is 55.9 Å². The van der Waals surface area contributed by atoms with Gasteiger partial charge in [-0.15, -0.1) is 0 Å². The monoisotopic (exact) mass is 426 g/mol. The third-order valence-electron chi connectivity index (χ3n) is 3.97.